The second-order valence-electron chi connectivity index (χ2n) is 6.17. The molecule has 0 saturated carbocycles. The van der Waals surface area contributed by atoms with E-state index in [1.54, 1.807) is 24.4 Å². The molecular weight excluding hydrogens is 501 g/mol. The predicted octanol–water partition coefficient (Wildman–Crippen LogP) is 5.97. The molecule has 0 spiro atoms. The Balaban J connectivity index is 1.65. The Labute approximate surface area is 186 Å². The second kappa shape index (κ2) is 8.16. The topological polar surface area (TPSA) is 98.8 Å². The average molecular weight is 512 g/mol. The Hall–Kier alpha value is -3.18. The molecule has 4 aromatic rings. The Morgan fingerprint density at radius 1 is 1.06 bits per heavy atom. The van der Waals surface area contributed by atoms with E-state index in [9.17, 15) is 13.2 Å². The van der Waals surface area contributed by atoms with E-state index in [0.29, 0.717) is 17.5 Å². The molecule has 31 heavy (non-hydrogen) atoms. The Bertz CT molecular complexity index is 1290. The van der Waals surface area contributed by atoms with Crippen molar-refractivity contribution in [1.29, 1.82) is 0 Å². The maximum atomic E-state index is 12.8. The minimum Gasteiger partial charge on any atom is -0.435 e. The van der Waals surface area contributed by atoms with Crippen molar-refractivity contribution in [3.8, 4) is 11.6 Å². The zero-order valence-corrected chi connectivity index (χ0v) is 17.6. The Morgan fingerprint density at radius 3 is 2.61 bits per heavy atom. The highest BCUT2D eigenvalue weighted by Gasteiger charge is 2.31. The van der Waals surface area contributed by atoms with Gasteiger partial charge in [0.2, 0.25) is 5.88 Å². The number of nitrogens with zero attached hydrogens (tertiary/aromatic N) is 4. The third kappa shape index (κ3) is 4.32. The standard InChI is InChI=1S/C19H11BrClF3N6O/c20-11-3-4-13(15-10(11)2-1-5-26-15)31-18-14(25)17(28-8-29-18)30-16-12(21)6-9(7-27-16)19(22,23)24/h1-8H,25H2,(H,27,28,29,30). The molecule has 12 heteroatoms. The van der Waals surface area contributed by atoms with E-state index >= 15 is 0 Å². The smallest absolute Gasteiger partial charge is 0.417 e. The molecule has 158 valence electrons. The van der Waals surface area contributed by atoms with Crippen LogP contribution in [0.15, 0.2) is 53.5 Å². The molecule has 0 aliphatic carbocycles. The van der Waals surface area contributed by atoms with Gasteiger partial charge in [0.15, 0.2) is 11.6 Å². The first kappa shape index (κ1) is 21.1. The number of anilines is 3. The molecule has 1 aromatic carbocycles. The third-order valence-corrected chi connectivity index (χ3v) is 5.12. The fourth-order valence-corrected chi connectivity index (χ4v) is 3.32. The molecule has 0 radical (unpaired) electrons. The zero-order chi connectivity index (χ0) is 22.2. The van der Waals surface area contributed by atoms with E-state index in [0.717, 1.165) is 15.9 Å². The number of aromatic nitrogens is 4. The average Bonchev–Trinajstić information content (AvgIpc) is 2.73. The van der Waals surface area contributed by atoms with Gasteiger partial charge in [0.1, 0.15) is 23.3 Å². The molecule has 3 heterocycles. The number of hydrogen-bond donors (Lipinski definition) is 2. The zero-order valence-electron chi connectivity index (χ0n) is 15.3. The van der Waals surface area contributed by atoms with Crippen LogP contribution in [-0.4, -0.2) is 19.9 Å². The van der Waals surface area contributed by atoms with Gasteiger partial charge in [0.25, 0.3) is 0 Å². The minimum atomic E-state index is -4.56. The van der Waals surface area contributed by atoms with Gasteiger partial charge in [-0.3, -0.25) is 4.98 Å². The maximum absolute atomic E-state index is 12.8. The van der Waals surface area contributed by atoms with Crippen LogP contribution in [0.25, 0.3) is 10.9 Å². The third-order valence-electron chi connectivity index (χ3n) is 4.14. The Kier molecular flexibility index (Phi) is 5.54. The van der Waals surface area contributed by atoms with Crippen molar-refractivity contribution in [1.82, 2.24) is 19.9 Å². The molecule has 7 nitrogen and oxygen atoms in total. The molecule has 0 aliphatic rings. The molecule has 0 unspecified atom stereocenters. The summed E-state index contributed by atoms with van der Waals surface area (Å²) in [4.78, 5) is 16.1. The minimum absolute atomic E-state index is 0.00673. The molecular formula is C19H11BrClF3N6O. The van der Waals surface area contributed by atoms with E-state index in [1.165, 1.54) is 6.33 Å². The fourth-order valence-electron chi connectivity index (χ4n) is 2.66. The van der Waals surface area contributed by atoms with E-state index in [1.807, 2.05) is 6.07 Å². The SMILES string of the molecule is Nc1c(Nc2ncc(C(F)(F)F)cc2Cl)ncnc1Oc1ccc(Br)c2cccnc12. The van der Waals surface area contributed by atoms with Gasteiger partial charge in [-0.15, -0.1) is 0 Å². The van der Waals surface area contributed by atoms with Crippen LogP contribution in [0.4, 0.5) is 30.5 Å². The molecule has 0 saturated heterocycles. The summed E-state index contributed by atoms with van der Waals surface area (Å²) in [5.74, 6) is 0.436. The number of halogens is 5. The van der Waals surface area contributed by atoms with Gasteiger partial charge in [0.05, 0.1) is 10.6 Å². The number of benzene rings is 1. The van der Waals surface area contributed by atoms with Crippen LogP contribution in [-0.2, 0) is 6.18 Å². The number of rotatable bonds is 4. The van der Waals surface area contributed by atoms with E-state index in [-0.39, 0.29) is 28.2 Å². The first-order valence-corrected chi connectivity index (χ1v) is 9.72. The first-order chi connectivity index (χ1) is 14.7. The predicted molar refractivity (Wildman–Crippen MR) is 113 cm³/mol. The lowest BCUT2D eigenvalue weighted by atomic mass is 10.2. The van der Waals surface area contributed by atoms with Crippen LogP contribution in [0.1, 0.15) is 5.56 Å². The lowest BCUT2D eigenvalue weighted by Crippen LogP contribution is -2.08. The van der Waals surface area contributed by atoms with E-state index < -0.39 is 11.7 Å². The van der Waals surface area contributed by atoms with Gasteiger partial charge >= 0.3 is 6.18 Å². The number of nitrogens with two attached hydrogens (primary N) is 1. The van der Waals surface area contributed by atoms with Crippen molar-refractivity contribution in [2.75, 3.05) is 11.1 Å². The summed E-state index contributed by atoms with van der Waals surface area (Å²) in [5, 5.41) is 3.28. The summed E-state index contributed by atoms with van der Waals surface area (Å²) in [5.41, 5.74) is 5.72. The maximum Gasteiger partial charge on any atom is 0.417 e. The monoisotopic (exact) mass is 510 g/mol. The van der Waals surface area contributed by atoms with Crippen LogP contribution >= 0.6 is 27.5 Å². The molecule has 0 aliphatic heterocycles. The largest absolute Gasteiger partial charge is 0.435 e. The summed E-state index contributed by atoms with van der Waals surface area (Å²) in [6, 6.07) is 7.90. The summed E-state index contributed by atoms with van der Waals surface area (Å²) >= 11 is 9.39. The van der Waals surface area contributed by atoms with Crippen LogP contribution in [0, 0.1) is 0 Å². The summed E-state index contributed by atoms with van der Waals surface area (Å²) in [6.45, 7) is 0. The number of fused-ring (bicyclic) bond motifs is 1. The van der Waals surface area contributed by atoms with Crippen molar-refractivity contribution in [2.24, 2.45) is 0 Å². The number of alkyl halides is 3. The molecule has 4 rings (SSSR count). The number of nitrogen functional groups attached to an aromatic ring is 1. The summed E-state index contributed by atoms with van der Waals surface area (Å²) in [6.07, 6.45) is -1.11. The molecule has 3 N–H and O–H groups in total. The molecule has 3 aromatic heterocycles. The molecule has 0 amide bonds. The van der Waals surface area contributed by atoms with Gasteiger partial charge in [0, 0.05) is 22.3 Å². The van der Waals surface area contributed by atoms with Gasteiger partial charge in [-0.05, 0) is 24.3 Å². The summed E-state index contributed by atoms with van der Waals surface area (Å²) in [7, 11) is 0. The lowest BCUT2D eigenvalue weighted by Gasteiger charge is -2.14. The lowest BCUT2D eigenvalue weighted by molar-refractivity contribution is -0.137. The highest BCUT2D eigenvalue weighted by Crippen LogP contribution is 2.37. The highest BCUT2D eigenvalue weighted by atomic mass is 79.9. The van der Waals surface area contributed by atoms with Gasteiger partial charge in [-0.25, -0.2) is 9.97 Å². The fraction of sp³-hybridized carbons (Fsp3) is 0.0526. The van der Waals surface area contributed by atoms with Crippen LogP contribution in [0.3, 0.4) is 0 Å². The molecule has 0 atom stereocenters. The normalized spacial score (nSPS) is 11.5. The van der Waals surface area contributed by atoms with Crippen LogP contribution < -0.4 is 15.8 Å². The molecule has 0 fully saturated rings. The van der Waals surface area contributed by atoms with Gasteiger partial charge < -0.3 is 15.8 Å². The second-order valence-corrected chi connectivity index (χ2v) is 7.43. The van der Waals surface area contributed by atoms with Gasteiger partial charge in [-0.1, -0.05) is 33.6 Å². The first-order valence-electron chi connectivity index (χ1n) is 8.55. The van der Waals surface area contributed by atoms with Crippen molar-refractivity contribution in [3.63, 3.8) is 0 Å². The van der Waals surface area contributed by atoms with E-state index in [4.69, 9.17) is 22.1 Å². The van der Waals surface area contributed by atoms with Crippen molar-refractivity contribution >= 4 is 55.8 Å². The van der Waals surface area contributed by atoms with Crippen molar-refractivity contribution in [2.45, 2.75) is 6.18 Å². The van der Waals surface area contributed by atoms with Gasteiger partial charge in [-0.2, -0.15) is 18.2 Å². The van der Waals surface area contributed by atoms with Crippen LogP contribution in [0.2, 0.25) is 5.02 Å². The summed E-state index contributed by atoms with van der Waals surface area (Å²) < 4.78 is 45.1. The quantitative estimate of drug-likeness (QED) is 0.348. The van der Waals surface area contributed by atoms with Crippen molar-refractivity contribution in [3.05, 3.63) is 64.1 Å². The number of hydrogen-bond acceptors (Lipinski definition) is 7. The molecule has 0 bridgehead atoms. The number of ether oxygens (including phenoxy) is 1. The Morgan fingerprint density at radius 2 is 1.87 bits per heavy atom. The number of nitrogens with one attached hydrogen (secondary N) is 1. The number of pyridine rings is 2. The van der Waals surface area contributed by atoms with E-state index in [2.05, 4.69) is 41.2 Å². The van der Waals surface area contributed by atoms with Crippen LogP contribution in [0.5, 0.6) is 11.6 Å². The van der Waals surface area contributed by atoms with Crippen molar-refractivity contribution < 1.29 is 17.9 Å². The highest BCUT2D eigenvalue weighted by molar-refractivity contribution is 9.10.